The van der Waals surface area contributed by atoms with Crippen LogP contribution in [-0.4, -0.2) is 12.1 Å². The summed E-state index contributed by atoms with van der Waals surface area (Å²) in [5.74, 6) is -0.735. The minimum atomic E-state index is -0.411. The predicted octanol–water partition coefficient (Wildman–Crippen LogP) is 9.09. The van der Waals surface area contributed by atoms with E-state index in [2.05, 4.69) is 33.4 Å². The molecule has 0 aliphatic heterocycles. The highest BCUT2D eigenvalue weighted by Gasteiger charge is 2.13. The molecule has 48 heavy (non-hydrogen) atoms. The molecular formula is C39H44F2N5O2+. The number of carbonyl (C=O) groups excluding carboxylic acids is 2. The molecule has 0 atom stereocenters. The third-order valence-corrected chi connectivity index (χ3v) is 6.83. The van der Waals surface area contributed by atoms with E-state index < -0.39 is 12.1 Å². The molecule has 9 heteroatoms. The van der Waals surface area contributed by atoms with Crippen LogP contribution < -0.4 is 26.2 Å². The predicted molar refractivity (Wildman–Crippen MR) is 192 cm³/mol. The van der Waals surface area contributed by atoms with Crippen molar-refractivity contribution in [2.45, 2.75) is 47.3 Å². The van der Waals surface area contributed by atoms with Crippen LogP contribution in [0.3, 0.4) is 0 Å². The number of hydrogen-bond acceptors (Lipinski definition) is 2. The minimum absolute atomic E-state index is 0.368. The number of carbonyl (C=O) groups is 2. The largest absolute Gasteiger partial charge is 0.324 e. The third kappa shape index (κ3) is 12.7. The van der Waals surface area contributed by atoms with Gasteiger partial charge in [0.1, 0.15) is 31.3 Å². The van der Waals surface area contributed by atoms with Gasteiger partial charge in [-0.15, -0.1) is 0 Å². The number of rotatable bonds is 10. The van der Waals surface area contributed by atoms with Crippen molar-refractivity contribution in [3.8, 4) is 0 Å². The van der Waals surface area contributed by atoms with E-state index in [9.17, 15) is 18.4 Å². The first-order valence-corrected chi connectivity index (χ1v) is 16.1. The first-order chi connectivity index (χ1) is 23.4. The Morgan fingerprint density at radius 3 is 1.02 bits per heavy atom. The molecule has 0 heterocycles. The summed E-state index contributed by atoms with van der Waals surface area (Å²) in [6.45, 7) is 10.3. The average molecular weight is 653 g/mol. The number of hydrogen-bond donors (Lipinski definition) is 5. The highest BCUT2D eigenvalue weighted by molar-refractivity contribution is 6.00. The smallest absolute Gasteiger partial charge is 0.323 e. The summed E-state index contributed by atoms with van der Waals surface area (Å²) in [7, 11) is 0. The molecule has 0 spiro atoms. The molecule has 0 aliphatic rings. The zero-order chi connectivity index (χ0) is 34.7. The van der Waals surface area contributed by atoms with Crippen molar-refractivity contribution < 1.29 is 23.3 Å². The van der Waals surface area contributed by atoms with E-state index in [4.69, 9.17) is 0 Å². The molecular weight excluding hydrogens is 608 g/mol. The van der Waals surface area contributed by atoms with E-state index in [1.54, 1.807) is 0 Å². The summed E-state index contributed by atoms with van der Waals surface area (Å²) in [5, 5.41) is 11.0. The molecule has 5 N–H and O–H groups in total. The molecule has 0 radical (unpaired) electrons. The summed E-state index contributed by atoms with van der Waals surface area (Å²) >= 11 is 0. The normalized spacial score (nSPS) is 10.1. The molecule has 5 aromatic carbocycles. The Kier molecular flexibility index (Phi) is 15.3. The molecule has 5 rings (SSSR count). The number of benzene rings is 5. The van der Waals surface area contributed by atoms with Crippen molar-refractivity contribution in [2.75, 3.05) is 21.3 Å². The van der Waals surface area contributed by atoms with Gasteiger partial charge in [0.25, 0.3) is 0 Å². The van der Waals surface area contributed by atoms with E-state index >= 15 is 0 Å². The van der Waals surface area contributed by atoms with Gasteiger partial charge in [-0.3, -0.25) is 0 Å². The Hall–Kier alpha value is -5.54. The molecule has 0 saturated heterocycles. The molecule has 0 fully saturated rings. The van der Waals surface area contributed by atoms with Crippen LogP contribution in [0.1, 0.15) is 44.4 Å². The number of anilines is 4. The Bertz CT molecular complexity index is 1560. The number of nitrogens with one attached hydrogen (secondary N) is 5. The van der Waals surface area contributed by atoms with Gasteiger partial charge in [0.2, 0.25) is 0 Å². The topological polar surface area (TPSA) is 86.7 Å². The lowest BCUT2D eigenvalue weighted by Gasteiger charge is -2.20. The van der Waals surface area contributed by atoms with Crippen molar-refractivity contribution in [1.82, 2.24) is 0 Å². The lowest BCUT2D eigenvalue weighted by molar-refractivity contribution is -0.941. The average Bonchev–Trinajstić information content (AvgIpc) is 3.11. The van der Waals surface area contributed by atoms with Crippen LogP contribution in [0.15, 0.2) is 127 Å². The van der Waals surface area contributed by atoms with Gasteiger partial charge in [-0.2, -0.15) is 0 Å². The van der Waals surface area contributed by atoms with E-state index in [-0.39, 0.29) is 11.6 Å². The third-order valence-electron chi connectivity index (χ3n) is 6.83. The van der Waals surface area contributed by atoms with Gasteiger partial charge in [-0.05, 0) is 72.8 Å². The fraction of sp³-hybridized carbons (Fsp3) is 0.179. The van der Waals surface area contributed by atoms with Crippen LogP contribution in [0.2, 0.25) is 0 Å². The van der Waals surface area contributed by atoms with Crippen LogP contribution in [0, 0.1) is 11.6 Å². The Balaban J connectivity index is 0.00000151. The zero-order valence-corrected chi connectivity index (χ0v) is 27.8. The van der Waals surface area contributed by atoms with Crippen molar-refractivity contribution >= 4 is 34.8 Å². The lowest BCUT2D eigenvalue weighted by Crippen LogP contribution is -3.08. The van der Waals surface area contributed by atoms with Gasteiger partial charge in [0.05, 0.1) is 0 Å². The monoisotopic (exact) mass is 652 g/mol. The number of urea groups is 2. The molecule has 250 valence electrons. The molecule has 4 amide bonds. The number of amides is 4. The highest BCUT2D eigenvalue weighted by Crippen LogP contribution is 2.14. The van der Waals surface area contributed by atoms with Gasteiger partial charge in [-0.25, -0.2) is 18.4 Å². The van der Waals surface area contributed by atoms with Crippen LogP contribution in [-0.2, 0) is 19.6 Å². The zero-order valence-electron chi connectivity index (χ0n) is 27.8. The first-order valence-electron chi connectivity index (χ1n) is 16.1. The lowest BCUT2D eigenvalue weighted by atomic mass is 10.1. The summed E-state index contributed by atoms with van der Waals surface area (Å²) in [5.41, 5.74) is 5.71. The summed E-state index contributed by atoms with van der Waals surface area (Å²) in [4.78, 5) is 26.0. The maximum absolute atomic E-state index is 13.1. The van der Waals surface area contributed by atoms with Crippen molar-refractivity contribution in [3.05, 3.63) is 156 Å². The van der Waals surface area contributed by atoms with E-state index in [0.29, 0.717) is 22.7 Å². The molecule has 0 bridgehead atoms. The maximum atomic E-state index is 13.1. The van der Waals surface area contributed by atoms with Gasteiger partial charge in [0, 0.05) is 39.4 Å². The molecule has 5 aromatic rings. The molecule has 0 aliphatic carbocycles. The molecule has 0 unspecified atom stereocenters. The first kappa shape index (κ1) is 36.9. The van der Waals surface area contributed by atoms with Gasteiger partial charge >= 0.3 is 12.1 Å². The van der Waals surface area contributed by atoms with E-state index in [1.807, 2.05) is 94.4 Å². The molecule has 0 saturated carbocycles. The minimum Gasteiger partial charge on any atom is -0.324 e. The van der Waals surface area contributed by atoms with Gasteiger partial charge < -0.3 is 26.2 Å². The van der Waals surface area contributed by atoms with Crippen LogP contribution in [0.5, 0.6) is 0 Å². The second kappa shape index (κ2) is 19.9. The summed E-state index contributed by atoms with van der Waals surface area (Å²) < 4.78 is 26.2. The number of quaternary nitrogens is 1. The second-order valence-electron chi connectivity index (χ2n) is 10.3. The summed E-state index contributed by atoms with van der Waals surface area (Å²) in [6.07, 6.45) is 0. The Morgan fingerprint density at radius 1 is 0.438 bits per heavy atom. The molecule has 7 nitrogen and oxygen atoms in total. The van der Waals surface area contributed by atoms with Gasteiger partial charge in [0.15, 0.2) is 0 Å². The fourth-order valence-electron chi connectivity index (χ4n) is 4.71. The molecule has 0 aromatic heterocycles. The number of halogens is 2. The maximum Gasteiger partial charge on any atom is 0.323 e. The van der Waals surface area contributed by atoms with Crippen LogP contribution >= 0.6 is 0 Å². The van der Waals surface area contributed by atoms with Crippen molar-refractivity contribution in [3.63, 3.8) is 0 Å². The Labute approximate surface area is 282 Å². The van der Waals surface area contributed by atoms with E-state index in [0.717, 1.165) is 30.8 Å². The van der Waals surface area contributed by atoms with Crippen LogP contribution in [0.25, 0.3) is 0 Å². The second-order valence-corrected chi connectivity index (χ2v) is 10.3. The van der Waals surface area contributed by atoms with Crippen LogP contribution in [0.4, 0.5) is 41.1 Å². The van der Waals surface area contributed by atoms with Crippen molar-refractivity contribution in [2.24, 2.45) is 0 Å². The SMILES string of the molecule is CC.CC.O=C(Nc1ccc(F)cc1)Nc1ccc(C[NH+](Cc2ccccc2)Cc2ccc(NC(=O)Nc3ccc(F)cc3)cc2)cc1. The standard InChI is InChI=1S/C35H31F2N5O2.2C2H6/c36-28-10-18-32(19-11-28)40-34(43)38-30-14-6-26(7-15-30)23-42(22-25-4-2-1-3-5-25)24-27-8-16-31(17-9-27)39-35(44)41-33-20-12-29(37)13-21-33;2*1-2/h1-21H,22-24H2,(H2,38,40,43)(H2,39,41,44);2*1-2H3/p+1. The van der Waals surface area contributed by atoms with Gasteiger partial charge in [-0.1, -0.05) is 82.3 Å². The highest BCUT2D eigenvalue weighted by atomic mass is 19.1. The van der Waals surface area contributed by atoms with E-state index in [1.165, 1.54) is 59.0 Å². The fourth-order valence-corrected chi connectivity index (χ4v) is 4.71. The quantitative estimate of drug-likeness (QED) is 0.104. The van der Waals surface area contributed by atoms with Crippen molar-refractivity contribution in [1.29, 1.82) is 0 Å². The summed E-state index contributed by atoms with van der Waals surface area (Å²) in [6, 6.07) is 36.0. The Morgan fingerprint density at radius 2 is 0.708 bits per heavy atom.